The Bertz CT molecular complexity index is 503. The van der Waals surface area contributed by atoms with Crippen LogP contribution in [0.4, 0.5) is 0 Å². The van der Waals surface area contributed by atoms with E-state index in [1.807, 2.05) is 6.92 Å². The van der Waals surface area contributed by atoms with E-state index in [4.69, 9.17) is 0 Å². The number of nitrogens with zero attached hydrogens (tertiary/aromatic N) is 3. The van der Waals surface area contributed by atoms with Gasteiger partial charge in [0.1, 0.15) is 0 Å². The van der Waals surface area contributed by atoms with Crippen molar-refractivity contribution in [3.05, 3.63) is 16.1 Å². The number of carbonyl (C=O) groups excluding carboxylic acids is 1. The van der Waals surface area contributed by atoms with Crippen molar-refractivity contribution in [1.82, 2.24) is 20.1 Å². The van der Waals surface area contributed by atoms with Crippen molar-refractivity contribution in [2.75, 3.05) is 39.3 Å². The molecule has 0 bridgehead atoms. The summed E-state index contributed by atoms with van der Waals surface area (Å²) in [5.74, 6) is 0.945. The molecule has 1 aromatic heterocycles. The minimum absolute atomic E-state index is 0. The highest BCUT2D eigenvalue weighted by Crippen LogP contribution is 2.18. The van der Waals surface area contributed by atoms with E-state index in [0.717, 1.165) is 75.8 Å². The number of rotatable bonds is 4. The maximum atomic E-state index is 12.4. The third-order valence-corrected chi connectivity index (χ3v) is 5.52. The van der Waals surface area contributed by atoms with Gasteiger partial charge in [-0.05, 0) is 38.8 Å². The molecule has 0 aliphatic carbocycles. The van der Waals surface area contributed by atoms with Crippen molar-refractivity contribution in [2.24, 2.45) is 5.92 Å². The summed E-state index contributed by atoms with van der Waals surface area (Å²) in [5.41, 5.74) is 1.16. The van der Waals surface area contributed by atoms with E-state index in [9.17, 15) is 4.79 Å². The molecule has 2 saturated heterocycles. The fraction of sp³-hybridized carbons (Fsp3) is 0.750. The smallest absolute Gasteiger partial charge is 0.222 e. The molecule has 3 heterocycles. The van der Waals surface area contributed by atoms with Crippen LogP contribution in [0.15, 0.2) is 5.38 Å². The largest absolute Gasteiger partial charge is 0.340 e. The first-order valence-corrected chi connectivity index (χ1v) is 9.20. The number of halogens is 3. The molecule has 2 aliphatic rings. The number of carbonyl (C=O) groups is 1. The number of nitrogens with one attached hydrogen (secondary N) is 1. The van der Waals surface area contributed by atoms with Crippen LogP contribution in [-0.2, 0) is 11.3 Å². The van der Waals surface area contributed by atoms with Crippen LogP contribution in [0.25, 0.3) is 0 Å². The lowest BCUT2D eigenvalue weighted by Crippen LogP contribution is -2.48. The molecule has 0 saturated carbocycles. The second-order valence-corrected chi connectivity index (χ2v) is 7.47. The zero-order valence-corrected chi connectivity index (χ0v) is 17.9. The molecular weight excluding hydrogens is 403 g/mol. The summed E-state index contributed by atoms with van der Waals surface area (Å²) in [6, 6.07) is 0. The Kier molecular flexibility index (Phi) is 12.3. The lowest BCUT2D eigenvalue weighted by Gasteiger charge is -2.35. The van der Waals surface area contributed by atoms with Crippen LogP contribution in [0.5, 0.6) is 0 Å². The van der Waals surface area contributed by atoms with Crippen LogP contribution < -0.4 is 5.32 Å². The van der Waals surface area contributed by atoms with Crippen LogP contribution in [-0.4, -0.2) is 60.0 Å². The van der Waals surface area contributed by atoms with E-state index in [2.05, 4.69) is 25.5 Å². The van der Waals surface area contributed by atoms with Gasteiger partial charge < -0.3 is 10.2 Å². The van der Waals surface area contributed by atoms with Crippen LogP contribution >= 0.6 is 48.6 Å². The van der Waals surface area contributed by atoms with Crippen LogP contribution in [0, 0.1) is 12.8 Å². The number of thiazole rings is 1. The molecule has 1 amide bonds. The highest BCUT2D eigenvalue weighted by molar-refractivity contribution is 7.09. The molecule has 9 heteroatoms. The van der Waals surface area contributed by atoms with Gasteiger partial charge in [0, 0.05) is 44.5 Å². The van der Waals surface area contributed by atoms with Crippen molar-refractivity contribution in [1.29, 1.82) is 0 Å². The average Bonchev–Trinajstić information content (AvgIpc) is 2.94. The maximum Gasteiger partial charge on any atom is 0.222 e. The normalized spacial score (nSPS) is 18.7. The highest BCUT2D eigenvalue weighted by Gasteiger charge is 2.24. The van der Waals surface area contributed by atoms with Crippen molar-refractivity contribution in [2.45, 2.75) is 32.7 Å². The lowest BCUT2D eigenvalue weighted by molar-refractivity contribution is -0.134. The molecular formula is C16H29Cl3N4OS. The Morgan fingerprint density at radius 1 is 1.20 bits per heavy atom. The van der Waals surface area contributed by atoms with Crippen LogP contribution in [0.3, 0.4) is 0 Å². The molecule has 2 fully saturated rings. The molecule has 0 unspecified atom stereocenters. The van der Waals surface area contributed by atoms with E-state index in [1.54, 1.807) is 11.3 Å². The van der Waals surface area contributed by atoms with E-state index in [0.29, 0.717) is 11.8 Å². The Balaban J connectivity index is 0.00000192. The summed E-state index contributed by atoms with van der Waals surface area (Å²) in [6.45, 7) is 8.77. The predicted molar refractivity (Wildman–Crippen MR) is 111 cm³/mol. The minimum Gasteiger partial charge on any atom is -0.340 e. The number of aryl methyl sites for hydroxylation is 1. The second-order valence-electron chi connectivity index (χ2n) is 6.41. The molecule has 0 spiro atoms. The molecule has 1 aromatic rings. The van der Waals surface area contributed by atoms with Crippen molar-refractivity contribution in [3.63, 3.8) is 0 Å². The molecule has 2 aliphatic heterocycles. The first-order valence-electron chi connectivity index (χ1n) is 8.32. The number of piperazine rings is 1. The molecule has 0 aromatic carbocycles. The fourth-order valence-corrected chi connectivity index (χ4v) is 3.93. The summed E-state index contributed by atoms with van der Waals surface area (Å²) in [5, 5.41) is 6.63. The molecule has 0 radical (unpaired) electrons. The molecule has 1 N–H and O–H groups in total. The number of hydrogen-bond donors (Lipinski definition) is 1. The summed E-state index contributed by atoms with van der Waals surface area (Å²) in [6.07, 6.45) is 3.04. The summed E-state index contributed by atoms with van der Waals surface area (Å²) < 4.78 is 0. The Morgan fingerprint density at radius 3 is 2.40 bits per heavy atom. The SMILES string of the molecule is Cc1nc(CN2CCN(C(=O)CC3CCNCC3)CC2)cs1.Cl.Cl.Cl. The topological polar surface area (TPSA) is 48.5 Å². The summed E-state index contributed by atoms with van der Waals surface area (Å²) in [7, 11) is 0. The molecule has 3 rings (SSSR count). The van der Waals surface area contributed by atoms with E-state index >= 15 is 0 Å². The van der Waals surface area contributed by atoms with Crippen molar-refractivity contribution < 1.29 is 4.79 Å². The highest BCUT2D eigenvalue weighted by atomic mass is 35.5. The van der Waals surface area contributed by atoms with Gasteiger partial charge in [0.05, 0.1) is 10.7 Å². The summed E-state index contributed by atoms with van der Waals surface area (Å²) in [4.78, 5) is 21.4. The van der Waals surface area contributed by atoms with Gasteiger partial charge in [-0.1, -0.05) is 0 Å². The first kappa shape index (κ1) is 24.9. The number of aromatic nitrogens is 1. The average molecular weight is 432 g/mol. The Hall–Kier alpha value is -0.110. The van der Waals surface area contributed by atoms with Gasteiger partial charge >= 0.3 is 0 Å². The van der Waals surface area contributed by atoms with Gasteiger partial charge in [-0.3, -0.25) is 9.69 Å². The van der Waals surface area contributed by atoms with Crippen molar-refractivity contribution in [3.8, 4) is 0 Å². The van der Waals surface area contributed by atoms with Gasteiger partial charge in [0.2, 0.25) is 5.91 Å². The Labute approximate surface area is 173 Å². The molecule has 25 heavy (non-hydrogen) atoms. The van der Waals surface area contributed by atoms with E-state index < -0.39 is 0 Å². The number of hydrogen-bond acceptors (Lipinski definition) is 5. The molecule has 146 valence electrons. The zero-order chi connectivity index (χ0) is 15.4. The van der Waals surface area contributed by atoms with Crippen molar-refractivity contribution >= 4 is 54.5 Å². The van der Waals surface area contributed by atoms with Gasteiger partial charge in [-0.2, -0.15) is 0 Å². The predicted octanol–water partition coefficient (Wildman–Crippen LogP) is 2.75. The standard InChI is InChI=1S/C16H26N4OS.3ClH/c1-13-18-15(12-22-13)11-19-6-8-20(9-7-19)16(21)10-14-2-4-17-5-3-14;;;/h12,14,17H,2-11H2,1H3;3*1H. The van der Waals surface area contributed by atoms with Crippen LogP contribution in [0.2, 0.25) is 0 Å². The number of piperidine rings is 1. The van der Waals surface area contributed by atoms with Crippen LogP contribution in [0.1, 0.15) is 30.0 Å². The second kappa shape index (κ2) is 12.3. The quantitative estimate of drug-likeness (QED) is 0.796. The zero-order valence-electron chi connectivity index (χ0n) is 14.6. The van der Waals surface area contributed by atoms with Gasteiger partial charge in [-0.15, -0.1) is 48.6 Å². The molecule has 0 atom stereocenters. The molecule has 5 nitrogen and oxygen atoms in total. The van der Waals surface area contributed by atoms with E-state index in [-0.39, 0.29) is 37.2 Å². The fourth-order valence-electron chi connectivity index (χ4n) is 3.33. The van der Waals surface area contributed by atoms with Gasteiger partial charge in [-0.25, -0.2) is 4.98 Å². The first-order chi connectivity index (χ1) is 10.7. The van der Waals surface area contributed by atoms with Gasteiger partial charge in [0.25, 0.3) is 0 Å². The van der Waals surface area contributed by atoms with E-state index in [1.165, 1.54) is 0 Å². The Morgan fingerprint density at radius 2 is 1.84 bits per heavy atom. The maximum absolute atomic E-state index is 12.4. The lowest BCUT2D eigenvalue weighted by atomic mass is 9.94. The monoisotopic (exact) mass is 430 g/mol. The number of amides is 1. The minimum atomic E-state index is 0. The van der Waals surface area contributed by atoms with Gasteiger partial charge in [0.15, 0.2) is 0 Å². The third kappa shape index (κ3) is 7.57. The third-order valence-electron chi connectivity index (χ3n) is 4.70. The summed E-state index contributed by atoms with van der Waals surface area (Å²) >= 11 is 1.71.